The van der Waals surface area contributed by atoms with Crippen LogP contribution in [0.2, 0.25) is 0 Å². The van der Waals surface area contributed by atoms with E-state index >= 15 is 0 Å². The largest absolute Gasteiger partial charge is 0.391 e. The van der Waals surface area contributed by atoms with Gasteiger partial charge in [0.25, 0.3) is 0 Å². The van der Waals surface area contributed by atoms with Gasteiger partial charge in [0, 0.05) is 6.54 Å². The molecule has 0 rings (SSSR count). The minimum atomic E-state index is -0.458. The highest BCUT2D eigenvalue weighted by Crippen LogP contribution is 2.29. The van der Waals surface area contributed by atoms with Crippen molar-refractivity contribution in [2.24, 2.45) is 17.6 Å². The molecule has 0 amide bonds. The first-order chi connectivity index (χ1) is 7.72. The standard InChI is InChI=1S/C14H31NO2/c1-10(2)7-14(9-15,8-11(3)4)17-13(6)12(5)16/h10-13,16H,7-9,15H2,1-6H3. The highest BCUT2D eigenvalue weighted by Gasteiger charge is 2.34. The van der Waals surface area contributed by atoms with Crippen molar-refractivity contribution in [2.45, 2.75) is 72.2 Å². The summed E-state index contributed by atoms with van der Waals surface area (Å²) in [6.07, 6.45) is 1.26. The maximum atomic E-state index is 9.58. The predicted molar refractivity (Wildman–Crippen MR) is 72.9 cm³/mol. The topological polar surface area (TPSA) is 55.5 Å². The zero-order chi connectivity index (χ0) is 13.6. The van der Waals surface area contributed by atoms with Crippen molar-refractivity contribution >= 4 is 0 Å². The second kappa shape index (κ2) is 7.34. The highest BCUT2D eigenvalue weighted by atomic mass is 16.5. The Morgan fingerprint density at radius 1 is 1.00 bits per heavy atom. The summed E-state index contributed by atoms with van der Waals surface area (Å²) in [6.45, 7) is 12.9. The Morgan fingerprint density at radius 3 is 1.65 bits per heavy atom. The third kappa shape index (κ3) is 6.39. The molecule has 0 saturated heterocycles. The quantitative estimate of drug-likeness (QED) is 0.691. The van der Waals surface area contributed by atoms with Crippen LogP contribution in [0.15, 0.2) is 0 Å². The summed E-state index contributed by atoms with van der Waals surface area (Å²) in [5.74, 6) is 1.08. The van der Waals surface area contributed by atoms with Gasteiger partial charge in [-0.25, -0.2) is 0 Å². The van der Waals surface area contributed by atoms with Crippen molar-refractivity contribution in [1.82, 2.24) is 0 Å². The van der Waals surface area contributed by atoms with E-state index in [0.29, 0.717) is 18.4 Å². The van der Waals surface area contributed by atoms with Gasteiger partial charge in [0.05, 0.1) is 17.8 Å². The summed E-state index contributed by atoms with van der Waals surface area (Å²) in [7, 11) is 0. The Hall–Kier alpha value is -0.120. The van der Waals surface area contributed by atoms with Crippen molar-refractivity contribution < 1.29 is 9.84 Å². The smallest absolute Gasteiger partial charge is 0.0813 e. The highest BCUT2D eigenvalue weighted by molar-refractivity contribution is 4.86. The molecule has 0 bridgehead atoms. The van der Waals surface area contributed by atoms with Crippen LogP contribution in [0.5, 0.6) is 0 Å². The van der Waals surface area contributed by atoms with Crippen molar-refractivity contribution in [2.75, 3.05) is 6.54 Å². The molecule has 2 unspecified atom stereocenters. The summed E-state index contributed by atoms with van der Waals surface area (Å²) in [4.78, 5) is 0. The van der Waals surface area contributed by atoms with Gasteiger partial charge in [-0.2, -0.15) is 0 Å². The molecule has 0 saturated carbocycles. The molecule has 3 N–H and O–H groups in total. The lowest BCUT2D eigenvalue weighted by Crippen LogP contribution is -2.47. The van der Waals surface area contributed by atoms with Crippen LogP contribution in [0.4, 0.5) is 0 Å². The lowest BCUT2D eigenvalue weighted by atomic mass is 9.84. The predicted octanol–water partition coefficient (Wildman–Crippen LogP) is 2.56. The Morgan fingerprint density at radius 2 is 1.41 bits per heavy atom. The van der Waals surface area contributed by atoms with Gasteiger partial charge in [-0.05, 0) is 38.5 Å². The van der Waals surface area contributed by atoms with E-state index in [-0.39, 0.29) is 11.7 Å². The SMILES string of the molecule is CC(C)CC(CN)(CC(C)C)OC(C)C(C)O. The zero-order valence-electron chi connectivity index (χ0n) is 12.4. The molecule has 0 aliphatic rings. The summed E-state index contributed by atoms with van der Waals surface area (Å²) < 4.78 is 6.10. The van der Waals surface area contributed by atoms with Crippen LogP contribution >= 0.6 is 0 Å². The van der Waals surface area contributed by atoms with Crippen LogP contribution in [0, 0.1) is 11.8 Å². The van der Waals surface area contributed by atoms with Crippen molar-refractivity contribution in [3.8, 4) is 0 Å². The van der Waals surface area contributed by atoms with Gasteiger partial charge in [0.1, 0.15) is 0 Å². The van der Waals surface area contributed by atoms with Gasteiger partial charge in [-0.15, -0.1) is 0 Å². The van der Waals surface area contributed by atoms with Gasteiger partial charge in [-0.1, -0.05) is 27.7 Å². The number of hydrogen-bond acceptors (Lipinski definition) is 3. The maximum absolute atomic E-state index is 9.58. The van der Waals surface area contributed by atoms with E-state index < -0.39 is 6.10 Å². The molecule has 0 aliphatic carbocycles. The molecule has 0 aliphatic heterocycles. The lowest BCUT2D eigenvalue weighted by molar-refractivity contribution is -0.135. The van der Waals surface area contributed by atoms with Crippen molar-refractivity contribution in [3.05, 3.63) is 0 Å². The summed E-state index contributed by atoms with van der Waals surface area (Å²) in [5.41, 5.74) is 5.65. The van der Waals surface area contributed by atoms with E-state index in [0.717, 1.165) is 12.8 Å². The second-order valence-electron chi connectivity index (χ2n) is 6.15. The molecule has 2 atom stereocenters. The molecule has 104 valence electrons. The van der Waals surface area contributed by atoms with E-state index in [4.69, 9.17) is 10.5 Å². The van der Waals surface area contributed by atoms with E-state index in [1.165, 1.54) is 0 Å². The fourth-order valence-electron chi connectivity index (χ4n) is 2.38. The van der Waals surface area contributed by atoms with E-state index in [1.54, 1.807) is 6.92 Å². The molecule has 0 aromatic rings. The van der Waals surface area contributed by atoms with Crippen molar-refractivity contribution in [3.63, 3.8) is 0 Å². The molecule has 0 spiro atoms. The number of hydrogen-bond donors (Lipinski definition) is 2. The molecule has 0 aromatic heterocycles. The van der Waals surface area contributed by atoms with E-state index in [2.05, 4.69) is 27.7 Å². The van der Waals surface area contributed by atoms with Gasteiger partial charge >= 0.3 is 0 Å². The van der Waals surface area contributed by atoms with Gasteiger partial charge in [0.15, 0.2) is 0 Å². The minimum absolute atomic E-state index is 0.170. The third-order valence-electron chi connectivity index (χ3n) is 3.05. The fraction of sp³-hybridized carbons (Fsp3) is 1.00. The number of aliphatic hydroxyl groups is 1. The summed E-state index contributed by atoms with van der Waals surface area (Å²) in [5, 5.41) is 9.58. The summed E-state index contributed by atoms with van der Waals surface area (Å²) >= 11 is 0. The Labute approximate surface area is 107 Å². The molecular weight excluding hydrogens is 214 g/mol. The first kappa shape index (κ1) is 16.9. The van der Waals surface area contributed by atoms with Crippen LogP contribution < -0.4 is 5.73 Å². The first-order valence-electron chi connectivity index (χ1n) is 6.78. The molecule has 3 heteroatoms. The van der Waals surface area contributed by atoms with Gasteiger partial charge in [-0.3, -0.25) is 0 Å². The molecule has 3 nitrogen and oxygen atoms in total. The van der Waals surface area contributed by atoms with E-state index in [9.17, 15) is 5.11 Å². The van der Waals surface area contributed by atoms with Crippen LogP contribution in [-0.4, -0.2) is 29.5 Å². The maximum Gasteiger partial charge on any atom is 0.0813 e. The fourth-order valence-corrected chi connectivity index (χ4v) is 2.38. The third-order valence-corrected chi connectivity index (χ3v) is 3.05. The van der Waals surface area contributed by atoms with E-state index in [1.807, 2.05) is 6.92 Å². The Kier molecular flexibility index (Phi) is 7.29. The van der Waals surface area contributed by atoms with Crippen LogP contribution in [-0.2, 0) is 4.74 Å². The Bertz CT molecular complexity index is 192. The normalized spacial score (nSPS) is 16.6. The number of rotatable bonds is 8. The average molecular weight is 245 g/mol. The zero-order valence-corrected chi connectivity index (χ0v) is 12.4. The molecular formula is C14H31NO2. The number of ether oxygens (including phenoxy) is 1. The monoisotopic (exact) mass is 245 g/mol. The molecule has 0 heterocycles. The minimum Gasteiger partial charge on any atom is -0.391 e. The lowest BCUT2D eigenvalue weighted by Gasteiger charge is -2.39. The number of nitrogens with two attached hydrogens (primary N) is 1. The molecule has 0 aromatic carbocycles. The molecule has 0 fully saturated rings. The van der Waals surface area contributed by atoms with Gasteiger partial charge in [0.2, 0.25) is 0 Å². The summed E-state index contributed by atoms with van der Waals surface area (Å²) in [6, 6.07) is 0. The molecule has 17 heavy (non-hydrogen) atoms. The van der Waals surface area contributed by atoms with Crippen LogP contribution in [0.25, 0.3) is 0 Å². The van der Waals surface area contributed by atoms with Gasteiger partial charge < -0.3 is 15.6 Å². The van der Waals surface area contributed by atoms with Crippen molar-refractivity contribution in [1.29, 1.82) is 0 Å². The second-order valence-corrected chi connectivity index (χ2v) is 6.15. The molecule has 0 radical (unpaired) electrons. The van der Waals surface area contributed by atoms with Crippen LogP contribution in [0.1, 0.15) is 54.4 Å². The van der Waals surface area contributed by atoms with Crippen LogP contribution in [0.3, 0.4) is 0 Å². The first-order valence-corrected chi connectivity index (χ1v) is 6.78. The average Bonchev–Trinajstić information content (AvgIpc) is 2.15. The Balaban J connectivity index is 4.77. The number of aliphatic hydroxyl groups excluding tert-OH is 1.